The van der Waals surface area contributed by atoms with Gasteiger partial charge < -0.3 is 24.6 Å². The minimum absolute atomic E-state index is 0.0459. The van der Waals surface area contributed by atoms with Gasteiger partial charge in [0, 0.05) is 13.0 Å². The Morgan fingerprint density at radius 1 is 0.556 bits per heavy atom. The summed E-state index contributed by atoms with van der Waals surface area (Å²) >= 11 is 0. The van der Waals surface area contributed by atoms with E-state index in [1.807, 2.05) is 0 Å². The van der Waals surface area contributed by atoms with E-state index in [9.17, 15) is 19.4 Å². The summed E-state index contributed by atoms with van der Waals surface area (Å²) in [5.74, 6) is -0.387. The van der Waals surface area contributed by atoms with Crippen LogP contribution in [-0.4, -0.2) is 66.3 Å². The first-order chi connectivity index (χ1) is 26.3. The number of ether oxygens (including phenoxy) is 2. The Morgan fingerprint density at radius 3 is 1.39 bits per heavy atom. The number of hydrogen-bond donors (Lipinski definition) is 3. The second-order valence-electron chi connectivity index (χ2n) is 15.1. The molecule has 0 fully saturated rings. The van der Waals surface area contributed by atoms with Crippen molar-refractivity contribution in [2.45, 2.75) is 219 Å². The molecule has 320 valence electrons. The van der Waals surface area contributed by atoms with Gasteiger partial charge in [0.25, 0.3) is 0 Å². The van der Waals surface area contributed by atoms with E-state index in [1.165, 1.54) is 128 Å². The number of phosphoric acid groups is 1. The molecule has 0 aromatic rings. The molecule has 3 unspecified atom stereocenters. The van der Waals surface area contributed by atoms with Crippen molar-refractivity contribution >= 4 is 13.8 Å². The molecule has 0 aliphatic heterocycles. The van der Waals surface area contributed by atoms with E-state index < -0.39 is 33.2 Å². The zero-order chi connectivity index (χ0) is 39.6. The lowest BCUT2D eigenvalue weighted by Crippen LogP contribution is -2.29. The van der Waals surface area contributed by atoms with Gasteiger partial charge in [-0.25, -0.2) is 4.57 Å². The smallest absolute Gasteiger partial charge is 0.457 e. The van der Waals surface area contributed by atoms with Crippen LogP contribution in [0.2, 0.25) is 0 Å². The van der Waals surface area contributed by atoms with Crippen molar-refractivity contribution in [3.8, 4) is 0 Å². The molecule has 9 nitrogen and oxygen atoms in total. The number of aliphatic hydroxyl groups is 2. The number of allylic oxidation sites excluding steroid dienone is 4. The van der Waals surface area contributed by atoms with Crippen molar-refractivity contribution < 1.29 is 43.0 Å². The van der Waals surface area contributed by atoms with Crippen LogP contribution in [0.3, 0.4) is 0 Å². The normalized spacial score (nSPS) is 14.2. The Labute approximate surface area is 332 Å². The molecular formula is C44H85O9P. The average molecular weight is 789 g/mol. The highest BCUT2D eigenvalue weighted by atomic mass is 31.2. The highest BCUT2D eigenvalue weighted by Gasteiger charge is 2.26. The number of rotatable bonds is 43. The molecule has 0 aliphatic carbocycles. The van der Waals surface area contributed by atoms with E-state index in [0.717, 1.165) is 57.8 Å². The molecule has 3 atom stereocenters. The summed E-state index contributed by atoms with van der Waals surface area (Å²) in [6.07, 6.45) is 42.7. The molecule has 54 heavy (non-hydrogen) atoms. The van der Waals surface area contributed by atoms with Crippen LogP contribution >= 0.6 is 7.82 Å². The number of carbonyl (C=O) groups is 1. The predicted molar refractivity (Wildman–Crippen MR) is 224 cm³/mol. The van der Waals surface area contributed by atoms with E-state index in [0.29, 0.717) is 6.61 Å². The molecular weight excluding hydrogens is 703 g/mol. The maximum atomic E-state index is 12.6. The first kappa shape index (κ1) is 52.9. The summed E-state index contributed by atoms with van der Waals surface area (Å²) in [7, 11) is -4.52. The van der Waals surface area contributed by atoms with Crippen molar-refractivity contribution in [3.05, 3.63) is 24.3 Å². The molecule has 0 rings (SSSR count). The van der Waals surface area contributed by atoms with Crippen molar-refractivity contribution in [2.24, 2.45) is 0 Å². The van der Waals surface area contributed by atoms with E-state index >= 15 is 0 Å². The molecule has 0 aromatic carbocycles. The van der Waals surface area contributed by atoms with Gasteiger partial charge in [-0.05, 0) is 64.2 Å². The van der Waals surface area contributed by atoms with Gasteiger partial charge in [-0.15, -0.1) is 0 Å². The number of phosphoric ester groups is 1. The second kappa shape index (κ2) is 41.6. The molecule has 0 aromatic heterocycles. The maximum Gasteiger partial charge on any atom is 0.472 e. The lowest BCUT2D eigenvalue weighted by molar-refractivity contribution is -0.154. The van der Waals surface area contributed by atoms with E-state index in [-0.39, 0.29) is 25.6 Å². The second-order valence-corrected chi connectivity index (χ2v) is 16.5. The summed E-state index contributed by atoms with van der Waals surface area (Å²) < 4.78 is 33.4. The zero-order valence-electron chi connectivity index (χ0n) is 35.0. The average Bonchev–Trinajstić information content (AvgIpc) is 3.16. The molecule has 0 radical (unpaired) electrons. The summed E-state index contributed by atoms with van der Waals surface area (Å²) in [6, 6.07) is 0. The molecule has 10 heteroatoms. The molecule has 0 bridgehead atoms. The molecule has 0 saturated carbocycles. The van der Waals surface area contributed by atoms with Crippen molar-refractivity contribution in [1.29, 1.82) is 0 Å². The van der Waals surface area contributed by atoms with E-state index in [1.54, 1.807) is 0 Å². The minimum Gasteiger partial charge on any atom is -0.457 e. The minimum atomic E-state index is -4.52. The van der Waals surface area contributed by atoms with Gasteiger partial charge in [0.1, 0.15) is 12.2 Å². The van der Waals surface area contributed by atoms with Crippen LogP contribution in [0.5, 0.6) is 0 Å². The monoisotopic (exact) mass is 789 g/mol. The predicted octanol–water partition coefficient (Wildman–Crippen LogP) is 12.3. The van der Waals surface area contributed by atoms with Gasteiger partial charge in [0.05, 0.1) is 26.4 Å². The Kier molecular flexibility index (Phi) is 40.8. The van der Waals surface area contributed by atoms with Crippen molar-refractivity contribution in [1.82, 2.24) is 0 Å². The summed E-state index contributed by atoms with van der Waals surface area (Å²) in [5, 5.41) is 18.3. The third-order valence-electron chi connectivity index (χ3n) is 9.61. The van der Waals surface area contributed by atoms with Crippen LogP contribution in [0.4, 0.5) is 0 Å². The summed E-state index contributed by atoms with van der Waals surface area (Å²) in [5.41, 5.74) is 0. The van der Waals surface area contributed by atoms with Gasteiger partial charge in [-0.2, -0.15) is 0 Å². The number of hydrogen-bond acceptors (Lipinski definition) is 8. The fourth-order valence-electron chi connectivity index (χ4n) is 6.17. The molecule has 0 spiro atoms. The zero-order valence-corrected chi connectivity index (χ0v) is 35.8. The topological polar surface area (TPSA) is 132 Å². The van der Waals surface area contributed by atoms with Gasteiger partial charge >= 0.3 is 13.8 Å². The Morgan fingerprint density at radius 2 is 0.944 bits per heavy atom. The third kappa shape index (κ3) is 40.6. The number of esters is 1. The number of unbranched alkanes of at least 4 members (excludes halogenated alkanes) is 25. The Balaban J connectivity index is 4.16. The number of aliphatic hydroxyl groups excluding tert-OH is 2. The van der Waals surface area contributed by atoms with E-state index in [2.05, 4.69) is 38.2 Å². The fourth-order valence-corrected chi connectivity index (χ4v) is 6.96. The highest BCUT2D eigenvalue weighted by Crippen LogP contribution is 2.43. The first-order valence-electron chi connectivity index (χ1n) is 22.3. The molecule has 0 saturated heterocycles. The van der Waals surface area contributed by atoms with E-state index in [4.69, 9.17) is 23.6 Å². The van der Waals surface area contributed by atoms with Gasteiger partial charge in [-0.3, -0.25) is 13.8 Å². The van der Waals surface area contributed by atoms with Gasteiger partial charge in [0.2, 0.25) is 0 Å². The van der Waals surface area contributed by atoms with Crippen LogP contribution in [0, 0.1) is 0 Å². The first-order valence-corrected chi connectivity index (χ1v) is 23.8. The fraction of sp³-hybridized carbons (Fsp3) is 0.886. The van der Waals surface area contributed by atoms with Gasteiger partial charge in [0.15, 0.2) is 0 Å². The highest BCUT2D eigenvalue weighted by molar-refractivity contribution is 7.47. The molecule has 0 heterocycles. The van der Waals surface area contributed by atoms with Crippen LogP contribution in [0.25, 0.3) is 0 Å². The third-order valence-corrected chi connectivity index (χ3v) is 10.6. The van der Waals surface area contributed by atoms with Crippen molar-refractivity contribution in [3.63, 3.8) is 0 Å². The Bertz CT molecular complexity index is 897. The SMILES string of the molecule is CCCCCCC/C=C\CCCCCCCCOCC(COP(=O)(O)OCC(O)CO)OC(=O)CCCCCCCCC/C=C\CCCCCCCCC. The lowest BCUT2D eigenvalue weighted by Gasteiger charge is -2.20. The standard InChI is InChI=1S/C44H85O9P/c1-3-5-7-9-11-13-15-17-19-20-21-22-24-26-28-30-32-34-36-44(47)53-43(41-52-54(48,49)51-39-42(46)38-45)40-50-37-35-33-31-29-27-25-23-18-16-14-12-10-8-6-4-2/h16,18-20,42-43,45-46H,3-15,17,21-41H2,1-2H3,(H,48,49)/b18-16-,20-19-. The lowest BCUT2D eigenvalue weighted by atomic mass is 10.1. The molecule has 0 aliphatic rings. The van der Waals surface area contributed by atoms with Crippen molar-refractivity contribution in [2.75, 3.05) is 33.0 Å². The Hall–Kier alpha value is -1.06. The van der Waals surface area contributed by atoms with Gasteiger partial charge in [-0.1, -0.05) is 160 Å². The summed E-state index contributed by atoms with van der Waals surface area (Å²) in [6.45, 7) is 3.51. The molecule has 0 amide bonds. The summed E-state index contributed by atoms with van der Waals surface area (Å²) in [4.78, 5) is 22.6. The van der Waals surface area contributed by atoms with Crippen LogP contribution in [0.15, 0.2) is 24.3 Å². The van der Waals surface area contributed by atoms with Crippen LogP contribution in [0.1, 0.15) is 206 Å². The maximum absolute atomic E-state index is 12.6. The number of carbonyl (C=O) groups excluding carboxylic acids is 1. The van der Waals surface area contributed by atoms with Crippen LogP contribution < -0.4 is 0 Å². The molecule has 3 N–H and O–H groups in total. The quantitative estimate of drug-likeness (QED) is 0.0239. The van der Waals surface area contributed by atoms with Crippen LogP contribution in [-0.2, 0) is 27.9 Å². The largest absolute Gasteiger partial charge is 0.472 e.